The van der Waals surface area contributed by atoms with Gasteiger partial charge in [-0.2, -0.15) is 0 Å². The van der Waals surface area contributed by atoms with E-state index in [9.17, 15) is 14.4 Å². The molecule has 0 N–H and O–H groups in total. The Balaban J connectivity index is 2.11. The van der Waals surface area contributed by atoms with Gasteiger partial charge in [0.1, 0.15) is 17.9 Å². The number of benzene rings is 1. The van der Waals surface area contributed by atoms with Crippen molar-refractivity contribution in [1.82, 2.24) is 4.90 Å². The fourth-order valence-corrected chi connectivity index (χ4v) is 2.19. The fourth-order valence-electron chi connectivity index (χ4n) is 2.19. The molecule has 0 atom stereocenters. The van der Waals surface area contributed by atoms with Gasteiger partial charge in [-0.15, -0.1) is 0 Å². The van der Waals surface area contributed by atoms with Crippen LogP contribution in [0.4, 0.5) is 0 Å². The topological polar surface area (TPSA) is 76.8 Å². The van der Waals surface area contributed by atoms with Gasteiger partial charge in [-0.25, -0.2) is 4.79 Å². The first-order valence-electron chi connectivity index (χ1n) is 6.84. The van der Waals surface area contributed by atoms with Crippen LogP contribution in [0, 0.1) is 6.92 Å². The molecule has 0 fully saturated rings. The zero-order valence-corrected chi connectivity index (χ0v) is 12.7. The van der Waals surface area contributed by atoms with Gasteiger partial charge in [-0.3, -0.25) is 14.5 Å². The largest absolute Gasteiger partial charge is 0.492 e. The lowest BCUT2D eigenvalue weighted by Crippen LogP contribution is -2.36. The maximum atomic E-state index is 11.4. The molecule has 1 heterocycles. The molecule has 2 amide bonds. The fraction of sp³-hybridized carbons (Fsp3) is 0.312. The van der Waals surface area contributed by atoms with Crippen LogP contribution in [0.2, 0.25) is 0 Å². The van der Waals surface area contributed by atoms with Crippen molar-refractivity contribution >= 4 is 22.8 Å². The smallest absolute Gasteiger partial charge is 0.336 e. The molecule has 6 nitrogen and oxygen atoms in total. The molecule has 0 bridgehead atoms. The molecule has 2 rings (SSSR count). The molecule has 0 radical (unpaired) electrons. The second kappa shape index (κ2) is 6.43. The highest BCUT2D eigenvalue weighted by Gasteiger charge is 2.13. The predicted molar refractivity (Wildman–Crippen MR) is 80.8 cm³/mol. The number of aryl methyl sites for hydroxylation is 1. The van der Waals surface area contributed by atoms with Gasteiger partial charge in [-0.1, -0.05) is 0 Å². The Morgan fingerprint density at radius 2 is 1.86 bits per heavy atom. The van der Waals surface area contributed by atoms with E-state index in [2.05, 4.69) is 0 Å². The van der Waals surface area contributed by atoms with E-state index in [1.165, 1.54) is 19.9 Å². The minimum absolute atomic E-state index is 0.167. The molecule has 1 aromatic heterocycles. The molecule has 0 spiro atoms. The van der Waals surface area contributed by atoms with E-state index in [4.69, 9.17) is 9.15 Å². The van der Waals surface area contributed by atoms with E-state index in [-0.39, 0.29) is 25.0 Å². The summed E-state index contributed by atoms with van der Waals surface area (Å²) in [4.78, 5) is 35.0. The number of carbonyl (C=O) groups excluding carboxylic acids is 2. The van der Waals surface area contributed by atoms with Gasteiger partial charge in [0.15, 0.2) is 0 Å². The van der Waals surface area contributed by atoms with E-state index in [1.807, 2.05) is 6.92 Å². The van der Waals surface area contributed by atoms with Crippen LogP contribution in [-0.4, -0.2) is 29.9 Å². The number of imide groups is 1. The Bertz CT molecular complexity index is 764. The molecule has 116 valence electrons. The molecule has 0 aliphatic rings. The maximum Gasteiger partial charge on any atom is 0.336 e. The van der Waals surface area contributed by atoms with Crippen LogP contribution in [0.3, 0.4) is 0 Å². The highest BCUT2D eigenvalue weighted by Crippen LogP contribution is 2.22. The molecule has 22 heavy (non-hydrogen) atoms. The summed E-state index contributed by atoms with van der Waals surface area (Å²) in [6, 6.07) is 6.61. The van der Waals surface area contributed by atoms with Crippen molar-refractivity contribution in [3.63, 3.8) is 0 Å². The summed E-state index contributed by atoms with van der Waals surface area (Å²) in [6.07, 6.45) is 0. The van der Waals surface area contributed by atoms with Gasteiger partial charge in [0.2, 0.25) is 11.8 Å². The first-order valence-corrected chi connectivity index (χ1v) is 6.84. The van der Waals surface area contributed by atoms with E-state index in [0.717, 1.165) is 15.8 Å². The highest BCUT2D eigenvalue weighted by molar-refractivity contribution is 5.92. The molecule has 0 saturated carbocycles. The molecule has 6 heteroatoms. The third-order valence-electron chi connectivity index (χ3n) is 3.27. The van der Waals surface area contributed by atoms with Crippen LogP contribution >= 0.6 is 0 Å². The number of carbonyl (C=O) groups is 2. The average molecular weight is 303 g/mol. The standard InChI is InChI=1S/C16H17NO5/c1-10-8-16(20)22-15-9-13(4-5-14(10)15)21-7-6-17(11(2)18)12(3)19/h4-5,8-9H,6-7H2,1-3H3. The van der Waals surface area contributed by atoms with E-state index < -0.39 is 5.63 Å². The van der Waals surface area contributed by atoms with Crippen molar-refractivity contribution < 1.29 is 18.7 Å². The first-order chi connectivity index (χ1) is 10.4. The van der Waals surface area contributed by atoms with Crippen molar-refractivity contribution in [2.75, 3.05) is 13.2 Å². The lowest BCUT2D eigenvalue weighted by Gasteiger charge is -2.17. The number of nitrogens with zero attached hydrogens (tertiary/aromatic N) is 1. The molecule has 0 saturated heterocycles. The van der Waals surface area contributed by atoms with Crippen LogP contribution < -0.4 is 10.4 Å². The molecule has 0 aliphatic heterocycles. The number of rotatable bonds is 4. The van der Waals surface area contributed by atoms with Gasteiger partial charge in [0, 0.05) is 31.4 Å². The minimum Gasteiger partial charge on any atom is -0.492 e. The third kappa shape index (κ3) is 3.52. The summed E-state index contributed by atoms with van der Waals surface area (Å²) in [5.74, 6) is -0.138. The van der Waals surface area contributed by atoms with E-state index in [1.54, 1.807) is 18.2 Å². The molecular formula is C16H17NO5. The monoisotopic (exact) mass is 303 g/mol. The van der Waals surface area contributed by atoms with Crippen LogP contribution in [0.25, 0.3) is 11.0 Å². The normalized spacial score (nSPS) is 10.5. The quantitative estimate of drug-likeness (QED) is 0.806. The van der Waals surface area contributed by atoms with Gasteiger partial charge in [-0.05, 0) is 24.6 Å². The van der Waals surface area contributed by atoms with Crippen molar-refractivity contribution in [3.05, 3.63) is 40.2 Å². The molecule has 0 aliphatic carbocycles. The minimum atomic E-state index is -0.415. The zero-order valence-electron chi connectivity index (χ0n) is 12.7. The first kappa shape index (κ1) is 15.8. The summed E-state index contributed by atoms with van der Waals surface area (Å²) < 4.78 is 10.6. The lowest BCUT2D eigenvalue weighted by atomic mass is 10.1. The summed E-state index contributed by atoms with van der Waals surface area (Å²) in [5, 5.41) is 0.834. The summed E-state index contributed by atoms with van der Waals surface area (Å²) in [5.41, 5.74) is 0.858. The third-order valence-corrected chi connectivity index (χ3v) is 3.27. The van der Waals surface area contributed by atoms with Crippen molar-refractivity contribution in [2.24, 2.45) is 0 Å². The van der Waals surface area contributed by atoms with Crippen molar-refractivity contribution in [3.8, 4) is 5.75 Å². The number of hydrogen-bond donors (Lipinski definition) is 0. The van der Waals surface area contributed by atoms with Crippen LogP contribution in [0.5, 0.6) is 5.75 Å². The zero-order chi connectivity index (χ0) is 16.3. The molecular weight excluding hydrogens is 286 g/mol. The van der Waals surface area contributed by atoms with E-state index in [0.29, 0.717) is 11.3 Å². The lowest BCUT2D eigenvalue weighted by molar-refractivity contribution is -0.142. The Kier molecular flexibility index (Phi) is 4.60. The molecule has 0 unspecified atom stereocenters. The Labute approximate surface area is 127 Å². The SMILES string of the molecule is CC(=O)N(CCOc1ccc2c(C)cc(=O)oc2c1)C(C)=O. The van der Waals surface area contributed by atoms with Gasteiger partial charge in [0.25, 0.3) is 0 Å². The van der Waals surface area contributed by atoms with Crippen LogP contribution in [0.15, 0.2) is 33.5 Å². The maximum absolute atomic E-state index is 11.4. The van der Waals surface area contributed by atoms with Crippen LogP contribution in [0.1, 0.15) is 19.4 Å². The highest BCUT2D eigenvalue weighted by atomic mass is 16.5. The predicted octanol–water partition coefficient (Wildman–Crippen LogP) is 1.88. The number of fused-ring (bicyclic) bond motifs is 1. The molecule has 1 aromatic carbocycles. The van der Waals surface area contributed by atoms with Crippen LogP contribution in [-0.2, 0) is 9.59 Å². The second-order valence-electron chi connectivity index (χ2n) is 4.94. The Morgan fingerprint density at radius 3 is 2.50 bits per heavy atom. The summed E-state index contributed by atoms with van der Waals surface area (Å²) >= 11 is 0. The van der Waals surface area contributed by atoms with Crippen molar-refractivity contribution in [2.45, 2.75) is 20.8 Å². The summed E-state index contributed by atoms with van der Waals surface area (Å²) in [6.45, 7) is 4.82. The van der Waals surface area contributed by atoms with Gasteiger partial charge < -0.3 is 9.15 Å². The number of ether oxygens (including phenoxy) is 1. The van der Waals surface area contributed by atoms with E-state index >= 15 is 0 Å². The number of hydrogen-bond acceptors (Lipinski definition) is 5. The van der Waals surface area contributed by atoms with Crippen molar-refractivity contribution in [1.29, 1.82) is 0 Å². The van der Waals surface area contributed by atoms with Gasteiger partial charge in [0.05, 0.1) is 6.54 Å². The molecule has 2 aromatic rings. The average Bonchev–Trinajstić information content (AvgIpc) is 2.42. The second-order valence-corrected chi connectivity index (χ2v) is 4.94. The Hall–Kier alpha value is -2.63. The summed E-state index contributed by atoms with van der Waals surface area (Å²) in [7, 11) is 0. The van der Waals surface area contributed by atoms with Gasteiger partial charge >= 0.3 is 5.63 Å². The Morgan fingerprint density at radius 1 is 1.18 bits per heavy atom. The number of amides is 2.